The Labute approximate surface area is 128 Å². The van der Waals surface area contributed by atoms with Gasteiger partial charge in [-0.3, -0.25) is 0 Å². The first-order chi connectivity index (χ1) is 10.4. The second kappa shape index (κ2) is 5.87. The van der Waals surface area contributed by atoms with Crippen molar-refractivity contribution in [3.05, 3.63) is 35.0 Å². The highest BCUT2D eigenvalue weighted by atomic mass is 14.7. The Kier molecular flexibility index (Phi) is 3.75. The molecule has 21 heavy (non-hydrogen) atoms. The van der Waals surface area contributed by atoms with Gasteiger partial charge in [0.2, 0.25) is 0 Å². The van der Waals surface area contributed by atoms with Gasteiger partial charge in [-0.15, -0.1) is 0 Å². The Morgan fingerprint density at radius 1 is 0.810 bits per heavy atom. The zero-order valence-corrected chi connectivity index (χ0v) is 13.1. The number of fused-ring (bicyclic) bond motifs is 3. The van der Waals surface area contributed by atoms with Crippen molar-refractivity contribution in [1.29, 1.82) is 0 Å². The van der Waals surface area contributed by atoms with Gasteiger partial charge < -0.3 is 4.98 Å². The number of hydrogen-bond acceptors (Lipinski definition) is 0. The summed E-state index contributed by atoms with van der Waals surface area (Å²) in [5.74, 6) is 0.798. The van der Waals surface area contributed by atoms with Gasteiger partial charge in [-0.2, -0.15) is 0 Å². The lowest BCUT2D eigenvalue weighted by Crippen LogP contribution is -2.00. The third kappa shape index (κ3) is 2.52. The van der Waals surface area contributed by atoms with Gasteiger partial charge >= 0.3 is 0 Å². The van der Waals surface area contributed by atoms with E-state index in [2.05, 4.69) is 23.2 Å². The molecule has 0 unspecified atom stereocenters. The van der Waals surface area contributed by atoms with Crippen molar-refractivity contribution < 1.29 is 0 Å². The first kappa shape index (κ1) is 13.4. The summed E-state index contributed by atoms with van der Waals surface area (Å²) in [6, 6.07) is 6.99. The zero-order valence-electron chi connectivity index (χ0n) is 13.1. The van der Waals surface area contributed by atoms with Gasteiger partial charge in [-0.05, 0) is 55.2 Å². The molecular formula is C20H27N. The maximum absolute atomic E-state index is 3.70. The van der Waals surface area contributed by atoms with E-state index in [9.17, 15) is 0 Å². The fourth-order valence-electron chi connectivity index (χ4n) is 4.62. The van der Waals surface area contributed by atoms with Crippen LogP contribution in [0.3, 0.4) is 0 Å². The fraction of sp³-hybridized carbons (Fsp3) is 0.600. The number of rotatable bonds is 1. The molecule has 0 spiro atoms. The molecule has 1 N–H and O–H groups in total. The summed E-state index contributed by atoms with van der Waals surface area (Å²) in [7, 11) is 0. The van der Waals surface area contributed by atoms with E-state index in [1.165, 1.54) is 81.8 Å². The summed E-state index contributed by atoms with van der Waals surface area (Å²) in [5.41, 5.74) is 6.24. The number of nitrogens with one attached hydrogen (secondary N) is 1. The second-order valence-electron chi connectivity index (χ2n) is 7.10. The first-order valence-corrected chi connectivity index (χ1v) is 9.06. The minimum Gasteiger partial charge on any atom is -0.358 e. The van der Waals surface area contributed by atoms with E-state index in [0.717, 1.165) is 5.92 Å². The number of benzene rings is 1. The Hall–Kier alpha value is -1.24. The molecule has 2 aliphatic rings. The zero-order chi connectivity index (χ0) is 14.1. The molecule has 4 rings (SSSR count). The Morgan fingerprint density at radius 2 is 1.57 bits per heavy atom. The molecule has 0 radical (unpaired) electrons. The third-order valence-corrected chi connectivity index (χ3v) is 5.70. The number of hydrogen-bond donors (Lipinski definition) is 1. The topological polar surface area (TPSA) is 15.8 Å². The van der Waals surface area contributed by atoms with E-state index in [4.69, 9.17) is 0 Å². The van der Waals surface area contributed by atoms with Gasteiger partial charge in [0, 0.05) is 16.6 Å². The van der Waals surface area contributed by atoms with E-state index in [-0.39, 0.29) is 0 Å². The van der Waals surface area contributed by atoms with Crippen LogP contribution in [0.15, 0.2) is 18.2 Å². The van der Waals surface area contributed by atoms with E-state index in [1.807, 2.05) is 0 Å². The molecule has 0 atom stereocenters. The minimum absolute atomic E-state index is 0.798. The van der Waals surface area contributed by atoms with Crippen LogP contribution < -0.4 is 0 Å². The normalized spacial score (nSPS) is 21.0. The highest BCUT2D eigenvalue weighted by Crippen LogP contribution is 2.39. The number of H-pyrrole nitrogens is 1. The summed E-state index contributed by atoms with van der Waals surface area (Å²) in [6.07, 6.45) is 15.3. The highest BCUT2D eigenvalue weighted by molar-refractivity contribution is 5.89. The quantitative estimate of drug-likeness (QED) is 0.672. The minimum atomic E-state index is 0.798. The lowest BCUT2D eigenvalue weighted by atomic mass is 9.86. The molecule has 0 saturated heterocycles. The van der Waals surface area contributed by atoms with Crippen molar-refractivity contribution >= 4 is 10.9 Å². The molecule has 0 aliphatic heterocycles. The molecule has 2 aliphatic carbocycles. The van der Waals surface area contributed by atoms with Crippen molar-refractivity contribution in [2.45, 2.75) is 76.5 Å². The number of aryl methyl sites for hydroxylation is 2. The molecule has 1 aromatic carbocycles. The standard InChI is InChI=1S/C20H27N/c1-2-4-6-10-15(9-5-3-1)16-11-7-14-19-20(16)17-12-8-13-18(17)21-19/h7,11,14-15,21H,1-6,8-10,12-13H2. The van der Waals surface area contributed by atoms with Crippen LogP contribution in [0.2, 0.25) is 0 Å². The van der Waals surface area contributed by atoms with E-state index in [0.29, 0.717) is 0 Å². The van der Waals surface area contributed by atoms with E-state index >= 15 is 0 Å². The van der Waals surface area contributed by atoms with Gasteiger partial charge in [0.15, 0.2) is 0 Å². The smallest absolute Gasteiger partial charge is 0.0461 e. The van der Waals surface area contributed by atoms with Gasteiger partial charge in [-0.1, -0.05) is 50.7 Å². The van der Waals surface area contributed by atoms with Crippen LogP contribution in [-0.4, -0.2) is 4.98 Å². The second-order valence-corrected chi connectivity index (χ2v) is 7.10. The molecule has 0 bridgehead atoms. The van der Waals surface area contributed by atoms with E-state index in [1.54, 1.807) is 16.5 Å². The predicted molar refractivity (Wildman–Crippen MR) is 90.0 cm³/mol. The Bertz CT molecular complexity index is 612. The van der Waals surface area contributed by atoms with E-state index < -0.39 is 0 Å². The van der Waals surface area contributed by atoms with Crippen LogP contribution in [0, 0.1) is 0 Å². The molecule has 1 heteroatoms. The molecule has 0 amide bonds. The van der Waals surface area contributed by atoms with Crippen molar-refractivity contribution in [2.75, 3.05) is 0 Å². The van der Waals surface area contributed by atoms with Crippen LogP contribution in [0.5, 0.6) is 0 Å². The molecule has 1 heterocycles. The van der Waals surface area contributed by atoms with Gasteiger partial charge in [0.05, 0.1) is 0 Å². The fourth-order valence-corrected chi connectivity index (χ4v) is 4.62. The number of aromatic nitrogens is 1. The summed E-state index contributed by atoms with van der Waals surface area (Å²) in [4.78, 5) is 3.70. The van der Waals surface area contributed by atoms with Gasteiger partial charge in [0.25, 0.3) is 0 Å². The largest absolute Gasteiger partial charge is 0.358 e. The lowest BCUT2D eigenvalue weighted by molar-refractivity contribution is 0.542. The average Bonchev–Trinajstić information content (AvgIpc) is 3.10. The Morgan fingerprint density at radius 3 is 2.38 bits per heavy atom. The maximum Gasteiger partial charge on any atom is 0.0461 e. The van der Waals surface area contributed by atoms with Gasteiger partial charge in [-0.25, -0.2) is 0 Å². The SMILES string of the molecule is c1cc(C2CCCCCCCC2)c2c3c([nH]c2c1)CCC3. The molecule has 112 valence electrons. The van der Waals surface area contributed by atoms with Gasteiger partial charge in [0.1, 0.15) is 0 Å². The summed E-state index contributed by atoms with van der Waals surface area (Å²) >= 11 is 0. The molecule has 1 aromatic heterocycles. The first-order valence-electron chi connectivity index (χ1n) is 9.06. The van der Waals surface area contributed by atoms with Crippen molar-refractivity contribution in [3.63, 3.8) is 0 Å². The average molecular weight is 281 g/mol. The lowest BCUT2D eigenvalue weighted by Gasteiger charge is -2.18. The molecule has 1 nitrogen and oxygen atoms in total. The van der Waals surface area contributed by atoms with Crippen molar-refractivity contribution in [3.8, 4) is 0 Å². The predicted octanol–water partition coefficient (Wildman–Crippen LogP) is 5.87. The number of aromatic amines is 1. The summed E-state index contributed by atoms with van der Waals surface area (Å²) < 4.78 is 0. The Balaban J connectivity index is 1.74. The van der Waals surface area contributed by atoms with Crippen LogP contribution in [-0.2, 0) is 12.8 Å². The molecular weight excluding hydrogens is 254 g/mol. The van der Waals surface area contributed by atoms with Crippen LogP contribution in [0.25, 0.3) is 10.9 Å². The van der Waals surface area contributed by atoms with Crippen LogP contribution >= 0.6 is 0 Å². The molecule has 1 saturated carbocycles. The summed E-state index contributed by atoms with van der Waals surface area (Å²) in [5, 5.41) is 1.61. The molecule has 1 fully saturated rings. The highest BCUT2D eigenvalue weighted by Gasteiger charge is 2.22. The van der Waals surface area contributed by atoms with Crippen molar-refractivity contribution in [1.82, 2.24) is 4.98 Å². The third-order valence-electron chi connectivity index (χ3n) is 5.70. The monoisotopic (exact) mass is 281 g/mol. The maximum atomic E-state index is 3.70. The van der Waals surface area contributed by atoms with Crippen molar-refractivity contribution in [2.24, 2.45) is 0 Å². The molecule has 2 aromatic rings. The van der Waals surface area contributed by atoms with Crippen LogP contribution in [0.1, 0.15) is 80.5 Å². The summed E-state index contributed by atoms with van der Waals surface area (Å²) in [6.45, 7) is 0. The van der Waals surface area contributed by atoms with Crippen LogP contribution in [0.4, 0.5) is 0 Å².